The van der Waals surface area contributed by atoms with E-state index < -0.39 is 0 Å². The molecule has 2 atom stereocenters. The molecule has 6 nitrogen and oxygen atoms in total. The van der Waals surface area contributed by atoms with Crippen LogP contribution in [-0.2, 0) is 17.6 Å². The first-order valence-corrected chi connectivity index (χ1v) is 9.32. The number of aromatic nitrogens is 2. The second kappa shape index (κ2) is 5.77. The van der Waals surface area contributed by atoms with Gasteiger partial charge in [0.05, 0.1) is 11.8 Å². The number of carbonyl (C=O) groups excluding carboxylic acids is 1. The predicted molar refractivity (Wildman–Crippen MR) is 97.8 cm³/mol. The van der Waals surface area contributed by atoms with Crippen molar-refractivity contribution in [3.63, 3.8) is 0 Å². The average molecular weight is 350 g/mol. The van der Waals surface area contributed by atoms with Gasteiger partial charge in [-0.1, -0.05) is 18.2 Å². The largest absolute Gasteiger partial charge is 0.389 e. The molecule has 134 valence electrons. The molecule has 5 rings (SSSR count). The Hall–Kier alpha value is -2.47. The summed E-state index contributed by atoms with van der Waals surface area (Å²) in [6, 6.07) is 8.35. The number of hydrogen-bond donors (Lipinski definition) is 2. The second-order valence-corrected chi connectivity index (χ2v) is 7.69. The smallest absolute Gasteiger partial charge is 0.226 e. The Morgan fingerprint density at radius 2 is 2.08 bits per heavy atom. The van der Waals surface area contributed by atoms with Crippen LogP contribution in [0.5, 0.6) is 0 Å². The highest BCUT2D eigenvalue weighted by atomic mass is 16.3. The summed E-state index contributed by atoms with van der Waals surface area (Å²) < 4.78 is 0. The van der Waals surface area contributed by atoms with Crippen LogP contribution in [0.2, 0.25) is 0 Å². The first-order valence-electron chi connectivity index (χ1n) is 9.32. The molecule has 1 saturated carbocycles. The molecule has 0 radical (unpaired) electrons. The standard InChI is InChI=1S/C20H22N4O2/c21-19(26)16-8-15(16)11-3-1-4-12(7-11)18-14-5-2-6-17(14)22-20(23-18)24-9-13(25)10-24/h1,3-4,7,13,15-16,25H,2,5-6,8-10H2,(H2,21,26). The third-order valence-electron chi connectivity index (χ3n) is 5.81. The minimum absolute atomic E-state index is 0.0282. The van der Waals surface area contributed by atoms with Gasteiger partial charge in [0.2, 0.25) is 11.9 Å². The number of nitrogens with two attached hydrogens (primary N) is 1. The number of rotatable bonds is 4. The van der Waals surface area contributed by atoms with E-state index in [2.05, 4.69) is 18.2 Å². The summed E-state index contributed by atoms with van der Waals surface area (Å²) in [7, 11) is 0. The number of anilines is 1. The lowest BCUT2D eigenvalue weighted by Crippen LogP contribution is -2.51. The van der Waals surface area contributed by atoms with Gasteiger partial charge < -0.3 is 15.7 Å². The number of hydrogen-bond acceptors (Lipinski definition) is 5. The van der Waals surface area contributed by atoms with E-state index in [4.69, 9.17) is 15.7 Å². The third kappa shape index (κ3) is 2.56. The fourth-order valence-electron chi connectivity index (χ4n) is 4.21. The van der Waals surface area contributed by atoms with Crippen molar-refractivity contribution in [3.8, 4) is 11.3 Å². The molecule has 2 heterocycles. The fourth-order valence-corrected chi connectivity index (χ4v) is 4.21. The number of fused-ring (bicyclic) bond motifs is 1. The van der Waals surface area contributed by atoms with Gasteiger partial charge in [-0.3, -0.25) is 4.79 Å². The number of carbonyl (C=O) groups is 1. The van der Waals surface area contributed by atoms with Crippen LogP contribution in [0, 0.1) is 5.92 Å². The molecule has 1 aromatic heterocycles. The highest BCUT2D eigenvalue weighted by Gasteiger charge is 2.42. The highest BCUT2D eigenvalue weighted by molar-refractivity contribution is 5.81. The molecule has 2 aromatic rings. The van der Waals surface area contributed by atoms with E-state index in [9.17, 15) is 9.90 Å². The molecule has 26 heavy (non-hydrogen) atoms. The zero-order valence-corrected chi connectivity index (χ0v) is 14.6. The SMILES string of the molecule is NC(=O)C1CC1c1cccc(-c2nc(N3CC(O)C3)nc3c2CCC3)c1. The molecule has 3 N–H and O–H groups in total. The van der Waals surface area contributed by atoms with Crippen LogP contribution in [0.15, 0.2) is 24.3 Å². The van der Waals surface area contributed by atoms with E-state index >= 15 is 0 Å². The van der Waals surface area contributed by atoms with Gasteiger partial charge in [-0.2, -0.15) is 0 Å². The number of primary amides is 1. The first kappa shape index (κ1) is 15.8. The number of aryl methyl sites for hydroxylation is 1. The van der Waals surface area contributed by atoms with Crippen LogP contribution in [-0.4, -0.2) is 40.2 Å². The molecule has 2 unspecified atom stereocenters. The van der Waals surface area contributed by atoms with E-state index in [1.807, 2.05) is 11.0 Å². The van der Waals surface area contributed by atoms with Gasteiger partial charge in [0.1, 0.15) is 0 Å². The molecule has 1 aromatic carbocycles. The Morgan fingerprint density at radius 1 is 1.23 bits per heavy atom. The molecule has 0 bridgehead atoms. The van der Waals surface area contributed by atoms with Crippen LogP contribution in [0.4, 0.5) is 5.95 Å². The van der Waals surface area contributed by atoms with Crippen molar-refractivity contribution in [3.05, 3.63) is 41.1 Å². The molecule has 6 heteroatoms. The summed E-state index contributed by atoms with van der Waals surface area (Å²) >= 11 is 0. The third-order valence-corrected chi connectivity index (χ3v) is 5.81. The molecule has 2 aliphatic carbocycles. The fraction of sp³-hybridized carbons (Fsp3) is 0.450. The summed E-state index contributed by atoms with van der Waals surface area (Å²) in [6.07, 6.45) is 3.66. The van der Waals surface area contributed by atoms with Crippen LogP contribution < -0.4 is 10.6 Å². The topological polar surface area (TPSA) is 92.3 Å². The number of nitrogens with zero attached hydrogens (tertiary/aromatic N) is 3. The minimum Gasteiger partial charge on any atom is -0.389 e. The van der Waals surface area contributed by atoms with E-state index in [0.717, 1.165) is 54.1 Å². The van der Waals surface area contributed by atoms with Crippen molar-refractivity contribution >= 4 is 11.9 Å². The minimum atomic E-state index is -0.278. The zero-order chi connectivity index (χ0) is 17.8. The number of β-amino-alcohol motifs (C(OH)–C–C–N with tert-alkyl or cyclic N) is 1. The van der Waals surface area contributed by atoms with Crippen molar-refractivity contribution in [1.82, 2.24) is 9.97 Å². The summed E-state index contributed by atoms with van der Waals surface area (Å²) in [5.41, 5.74) is 11.1. The van der Waals surface area contributed by atoms with Crippen molar-refractivity contribution in [1.29, 1.82) is 0 Å². The van der Waals surface area contributed by atoms with E-state index in [1.54, 1.807) is 0 Å². The van der Waals surface area contributed by atoms with Gasteiger partial charge in [0.15, 0.2) is 0 Å². The maximum atomic E-state index is 11.4. The molecule has 1 aliphatic heterocycles. The van der Waals surface area contributed by atoms with E-state index in [1.165, 1.54) is 5.56 Å². The maximum absolute atomic E-state index is 11.4. The van der Waals surface area contributed by atoms with Crippen LogP contribution in [0.3, 0.4) is 0 Å². The number of aliphatic hydroxyl groups is 1. The zero-order valence-electron chi connectivity index (χ0n) is 14.6. The van der Waals surface area contributed by atoms with Crippen molar-refractivity contribution < 1.29 is 9.90 Å². The lowest BCUT2D eigenvalue weighted by molar-refractivity contribution is -0.119. The molecule has 3 aliphatic rings. The average Bonchev–Trinajstić information content (AvgIpc) is 3.29. The van der Waals surface area contributed by atoms with Crippen molar-refractivity contribution in [2.45, 2.75) is 37.7 Å². The maximum Gasteiger partial charge on any atom is 0.226 e. The van der Waals surface area contributed by atoms with Crippen LogP contribution >= 0.6 is 0 Å². The second-order valence-electron chi connectivity index (χ2n) is 7.69. The lowest BCUT2D eigenvalue weighted by Gasteiger charge is -2.36. The summed E-state index contributed by atoms with van der Waals surface area (Å²) in [5, 5.41) is 9.60. The number of amides is 1. The normalized spacial score (nSPS) is 24.3. The van der Waals surface area contributed by atoms with Gasteiger partial charge in [-0.25, -0.2) is 9.97 Å². The Balaban J connectivity index is 1.53. The highest BCUT2D eigenvalue weighted by Crippen LogP contribution is 2.48. The Kier molecular flexibility index (Phi) is 3.50. The lowest BCUT2D eigenvalue weighted by atomic mass is 10.0. The Bertz CT molecular complexity index is 891. The van der Waals surface area contributed by atoms with Crippen LogP contribution in [0.25, 0.3) is 11.3 Å². The summed E-state index contributed by atoms with van der Waals surface area (Å²) in [6.45, 7) is 1.20. The summed E-state index contributed by atoms with van der Waals surface area (Å²) in [5.74, 6) is 0.728. The Labute approximate surface area is 152 Å². The molecular weight excluding hydrogens is 328 g/mol. The molecule has 1 saturated heterocycles. The number of aliphatic hydroxyl groups excluding tert-OH is 1. The van der Waals surface area contributed by atoms with Crippen molar-refractivity contribution in [2.75, 3.05) is 18.0 Å². The van der Waals surface area contributed by atoms with E-state index in [-0.39, 0.29) is 23.8 Å². The molecule has 2 fully saturated rings. The summed E-state index contributed by atoms with van der Waals surface area (Å²) in [4.78, 5) is 23.0. The monoisotopic (exact) mass is 350 g/mol. The van der Waals surface area contributed by atoms with Gasteiger partial charge in [0.25, 0.3) is 0 Å². The van der Waals surface area contributed by atoms with Gasteiger partial charge >= 0.3 is 0 Å². The van der Waals surface area contributed by atoms with Gasteiger partial charge in [-0.05, 0) is 43.2 Å². The molecule has 1 amide bonds. The van der Waals surface area contributed by atoms with Crippen molar-refractivity contribution in [2.24, 2.45) is 11.7 Å². The van der Waals surface area contributed by atoms with Gasteiger partial charge in [0, 0.05) is 35.8 Å². The molecular formula is C20H22N4O2. The molecule has 0 spiro atoms. The number of benzene rings is 1. The van der Waals surface area contributed by atoms with Gasteiger partial charge in [-0.15, -0.1) is 0 Å². The first-order chi connectivity index (χ1) is 12.6. The predicted octanol–water partition coefficient (Wildman–Crippen LogP) is 1.40. The van der Waals surface area contributed by atoms with E-state index in [0.29, 0.717) is 13.1 Å². The Morgan fingerprint density at radius 3 is 2.81 bits per heavy atom. The van der Waals surface area contributed by atoms with Crippen LogP contribution in [0.1, 0.15) is 35.6 Å². The quantitative estimate of drug-likeness (QED) is 0.870.